The van der Waals surface area contributed by atoms with Crippen LogP contribution in [0.1, 0.15) is 0 Å². The van der Waals surface area contributed by atoms with Gasteiger partial charge in [0, 0.05) is 6.07 Å². The Kier molecular flexibility index (Phi) is 8.11. The van der Waals surface area contributed by atoms with Crippen molar-refractivity contribution in [3.8, 4) is 0 Å². The summed E-state index contributed by atoms with van der Waals surface area (Å²) in [7, 11) is 0. The van der Waals surface area contributed by atoms with Crippen LogP contribution in [0.4, 0.5) is 91.7 Å². The number of amides is 1. The first-order valence-electron chi connectivity index (χ1n) is 8.83. The summed E-state index contributed by atoms with van der Waals surface area (Å²) < 4.78 is 225. The van der Waals surface area contributed by atoms with E-state index in [0.29, 0.717) is 5.32 Å². The second-order valence-corrected chi connectivity index (χ2v) is 7.19. The van der Waals surface area contributed by atoms with E-state index in [1.165, 1.54) is 0 Å². The Morgan fingerprint density at radius 3 is 1.32 bits per heavy atom. The van der Waals surface area contributed by atoms with Crippen LogP contribution in [0, 0.1) is 20.2 Å². The van der Waals surface area contributed by atoms with Gasteiger partial charge >= 0.3 is 53.5 Å². The maximum Gasteiger partial charge on any atom is 0.460 e. The predicted octanol–water partition coefficient (Wildman–Crippen LogP) is 6.45. The van der Waals surface area contributed by atoms with Gasteiger partial charge in [-0.05, 0) is 6.07 Å². The molecule has 0 unspecified atom stereocenters. The Bertz CT molecular complexity index is 1200. The number of nitrogens with zero attached hydrogens (tertiary/aromatic N) is 2. The Hall–Kier alpha value is -3.70. The van der Waals surface area contributed by atoms with Gasteiger partial charge in [0.15, 0.2) is 0 Å². The Balaban J connectivity index is 3.66. The number of halogens is 17. The van der Waals surface area contributed by atoms with Gasteiger partial charge in [-0.25, -0.2) is 0 Å². The highest BCUT2D eigenvalue weighted by Gasteiger charge is 2.95. The molecular weight excluding hydrogens is 625 g/mol. The first kappa shape index (κ1) is 34.3. The van der Waals surface area contributed by atoms with Gasteiger partial charge in [0.25, 0.3) is 11.4 Å². The van der Waals surface area contributed by atoms with E-state index in [4.69, 9.17) is 0 Å². The molecule has 0 atom stereocenters. The summed E-state index contributed by atoms with van der Waals surface area (Å²) in [6.45, 7) is 0. The third-order valence-electron chi connectivity index (χ3n) is 4.64. The van der Waals surface area contributed by atoms with E-state index in [2.05, 4.69) is 0 Å². The molecule has 228 valence electrons. The SMILES string of the molecule is O=C(Nc1ccc([N+](=O)[O-])cc1[N+](=O)[O-])C(F)(F)C(F)(F)C(F)(F)C(F)(F)C(F)(F)C(F)(F)C(F)(F)C(F)(F)F. The molecule has 0 spiro atoms. The van der Waals surface area contributed by atoms with Gasteiger partial charge in [-0.3, -0.25) is 25.0 Å². The topological polar surface area (TPSA) is 115 Å². The van der Waals surface area contributed by atoms with Crippen LogP contribution < -0.4 is 5.32 Å². The molecule has 0 radical (unpaired) electrons. The maximum atomic E-state index is 13.9. The molecule has 1 N–H and O–H groups in total. The van der Waals surface area contributed by atoms with Crippen molar-refractivity contribution in [2.75, 3.05) is 5.32 Å². The predicted molar refractivity (Wildman–Crippen MR) is 89.1 cm³/mol. The zero-order valence-electron chi connectivity index (χ0n) is 17.6. The Morgan fingerprint density at radius 1 is 0.600 bits per heavy atom. The molecule has 0 aliphatic rings. The Morgan fingerprint density at radius 2 is 0.975 bits per heavy atom. The lowest BCUT2D eigenvalue weighted by atomic mass is 9.88. The first-order chi connectivity index (χ1) is 17.4. The van der Waals surface area contributed by atoms with Gasteiger partial charge < -0.3 is 5.32 Å². The van der Waals surface area contributed by atoms with Crippen LogP contribution in [-0.4, -0.2) is 63.4 Å². The minimum atomic E-state index is -8.93. The van der Waals surface area contributed by atoms with Gasteiger partial charge in [0.2, 0.25) is 0 Å². The molecule has 1 amide bonds. The molecule has 40 heavy (non-hydrogen) atoms. The maximum absolute atomic E-state index is 13.9. The third kappa shape index (κ3) is 4.66. The van der Waals surface area contributed by atoms with Gasteiger partial charge in [-0.2, -0.15) is 74.6 Å². The Labute approximate surface area is 205 Å². The molecule has 0 aromatic heterocycles. The molecule has 0 saturated heterocycles. The summed E-state index contributed by atoms with van der Waals surface area (Å²) in [5, 5.41) is 21.7. The lowest BCUT2D eigenvalue weighted by molar-refractivity contribution is -0.459. The van der Waals surface area contributed by atoms with E-state index >= 15 is 0 Å². The van der Waals surface area contributed by atoms with E-state index in [9.17, 15) is 99.7 Å². The fourth-order valence-electron chi connectivity index (χ4n) is 2.40. The van der Waals surface area contributed by atoms with Crippen LogP contribution >= 0.6 is 0 Å². The van der Waals surface area contributed by atoms with E-state index in [-0.39, 0.29) is 18.2 Å². The van der Waals surface area contributed by atoms with Crippen molar-refractivity contribution in [2.45, 2.75) is 47.6 Å². The van der Waals surface area contributed by atoms with Gasteiger partial charge in [0.1, 0.15) is 5.69 Å². The molecule has 0 aliphatic heterocycles. The number of rotatable bonds is 10. The normalized spacial score (nSPS) is 14.6. The van der Waals surface area contributed by atoms with E-state index < -0.39 is 80.4 Å². The van der Waals surface area contributed by atoms with Gasteiger partial charge in [0.05, 0.1) is 15.9 Å². The molecule has 1 rings (SSSR count). The molecule has 8 nitrogen and oxygen atoms in total. The summed E-state index contributed by atoms with van der Waals surface area (Å²) in [5.41, 5.74) is -4.89. The first-order valence-corrected chi connectivity index (χ1v) is 8.83. The fraction of sp³-hybridized carbons (Fsp3) is 0.533. The number of nitro groups is 2. The summed E-state index contributed by atoms with van der Waals surface area (Å²) in [4.78, 5) is 29.8. The van der Waals surface area contributed by atoms with Crippen molar-refractivity contribution in [3.63, 3.8) is 0 Å². The van der Waals surface area contributed by atoms with Crippen molar-refractivity contribution < 1.29 is 89.3 Å². The average Bonchev–Trinajstić information content (AvgIpc) is 2.77. The minimum absolute atomic E-state index is 0.0942. The van der Waals surface area contributed by atoms with Crippen LogP contribution in [0.15, 0.2) is 18.2 Å². The lowest BCUT2D eigenvalue weighted by Crippen LogP contribution is -2.75. The van der Waals surface area contributed by atoms with Crippen LogP contribution in [0.25, 0.3) is 0 Å². The summed E-state index contributed by atoms with van der Waals surface area (Å²) in [6, 6.07) is -0.147. The zero-order chi connectivity index (χ0) is 32.3. The largest absolute Gasteiger partial charge is 0.460 e. The average molecular weight is 629 g/mol. The number of nitro benzene ring substituents is 2. The number of non-ortho nitro benzene ring substituents is 1. The third-order valence-corrected chi connectivity index (χ3v) is 4.64. The molecule has 0 saturated carbocycles. The van der Waals surface area contributed by atoms with Crippen LogP contribution in [-0.2, 0) is 4.79 Å². The smallest absolute Gasteiger partial charge is 0.315 e. The van der Waals surface area contributed by atoms with Crippen LogP contribution in [0.2, 0.25) is 0 Å². The molecule has 0 fully saturated rings. The molecular formula is C15H4F17N3O5. The van der Waals surface area contributed by atoms with Crippen molar-refractivity contribution in [3.05, 3.63) is 38.4 Å². The van der Waals surface area contributed by atoms with Gasteiger partial charge in [-0.15, -0.1) is 0 Å². The number of benzene rings is 1. The van der Waals surface area contributed by atoms with Gasteiger partial charge in [-0.1, -0.05) is 0 Å². The molecule has 0 bridgehead atoms. The van der Waals surface area contributed by atoms with Crippen molar-refractivity contribution in [1.82, 2.24) is 0 Å². The van der Waals surface area contributed by atoms with E-state index in [1.54, 1.807) is 0 Å². The molecule has 25 heteroatoms. The minimum Gasteiger partial charge on any atom is -0.315 e. The summed E-state index contributed by atoms with van der Waals surface area (Å²) >= 11 is 0. The second-order valence-electron chi connectivity index (χ2n) is 7.19. The highest BCUT2D eigenvalue weighted by Crippen LogP contribution is 2.64. The zero-order valence-corrected chi connectivity index (χ0v) is 17.6. The number of alkyl halides is 17. The van der Waals surface area contributed by atoms with Crippen molar-refractivity contribution in [2.24, 2.45) is 0 Å². The van der Waals surface area contributed by atoms with Crippen molar-refractivity contribution >= 4 is 23.0 Å². The second kappa shape index (κ2) is 9.45. The number of nitrogens with one attached hydrogen (secondary N) is 1. The van der Waals surface area contributed by atoms with E-state index in [1.807, 2.05) is 0 Å². The fourth-order valence-corrected chi connectivity index (χ4v) is 2.40. The van der Waals surface area contributed by atoms with Crippen molar-refractivity contribution in [1.29, 1.82) is 0 Å². The number of anilines is 1. The number of hydrogen-bond acceptors (Lipinski definition) is 5. The lowest BCUT2D eigenvalue weighted by Gasteiger charge is -2.42. The molecule has 0 heterocycles. The summed E-state index contributed by atoms with van der Waals surface area (Å²) in [6.07, 6.45) is -7.93. The molecule has 0 aliphatic carbocycles. The van der Waals surface area contributed by atoms with Crippen LogP contribution in [0.3, 0.4) is 0 Å². The monoisotopic (exact) mass is 629 g/mol. The standard InChI is InChI=1S/C15H4F17N3O5/c16-8(17,7(36)33-5-2-1-4(34(37)38)3-6(5)35(39)40)9(18,19)10(20,21)11(22,23)12(24,25)13(26,27)14(28,29)15(30,31)32/h1-3H,(H,33,36). The number of hydrogen-bond donors (Lipinski definition) is 1. The van der Waals surface area contributed by atoms with Crippen LogP contribution in [0.5, 0.6) is 0 Å². The number of carbonyl (C=O) groups is 1. The van der Waals surface area contributed by atoms with E-state index in [0.717, 1.165) is 0 Å². The molecule has 1 aromatic carbocycles. The quantitative estimate of drug-likeness (QED) is 0.182. The number of carbonyl (C=O) groups excluding carboxylic acids is 1. The molecule has 1 aromatic rings. The highest BCUT2D eigenvalue weighted by atomic mass is 19.4. The highest BCUT2D eigenvalue weighted by molar-refractivity contribution is 5.99. The summed E-state index contributed by atoms with van der Waals surface area (Å²) in [5.74, 6) is -63.6.